The van der Waals surface area contributed by atoms with Crippen molar-refractivity contribution in [3.63, 3.8) is 0 Å². The highest BCUT2D eigenvalue weighted by Crippen LogP contribution is 2.43. The minimum absolute atomic E-state index is 0.00932. The smallest absolute Gasteiger partial charge is 0.355 e. The van der Waals surface area contributed by atoms with Gasteiger partial charge in [-0.05, 0) is 41.8 Å². The van der Waals surface area contributed by atoms with Crippen LogP contribution in [0.1, 0.15) is 30.0 Å². The molecule has 8 N–H and O–H groups in total. The average molecular weight is 628 g/mol. The van der Waals surface area contributed by atoms with E-state index in [1.54, 1.807) is 12.1 Å². The van der Waals surface area contributed by atoms with Gasteiger partial charge in [-0.1, -0.05) is 13.0 Å². The van der Waals surface area contributed by atoms with Crippen LogP contribution in [0.4, 0.5) is 5.69 Å². The maximum atomic E-state index is 13.5. The van der Waals surface area contributed by atoms with Crippen LogP contribution in [0.3, 0.4) is 0 Å². The van der Waals surface area contributed by atoms with Gasteiger partial charge in [-0.15, -0.1) is 0 Å². The van der Waals surface area contributed by atoms with Crippen molar-refractivity contribution in [3.05, 3.63) is 53.1 Å². The Bertz CT molecular complexity index is 1590. The van der Waals surface area contributed by atoms with Gasteiger partial charge in [-0.2, -0.15) is 0 Å². The highest BCUT2D eigenvalue weighted by Gasteiger charge is 2.55. The standard InChI is InChI=1S/C30H33N3O12/c1-2-17-18(32-13-31-17)8-16-7-14(3-5-21(16)35)4-6-25(37)33-19-11-23(22(36)10-15(19)9-20(33)29(41)42)44-30(43)28(40)27(39)26(38)24(12-34)45-30/h3-7,10-11,20,24,26-28,34-36,38-40,43H,2,8-9,12-13H2,1H3,(H,41,42)/t20-,24-,26-,27+,28-,30-/m1/s1. The van der Waals surface area contributed by atoms with E-state index in [-0.39, 0.29) is 23.4 Å². The molecule has 2 aromatic carbocycles. The van der Waals surface area contributed by atoms with Crippen LogP contribution in [0.2, 0.25) is 0 Å². The lowest BCUT2D eigenvalue weighted by Crippen LogP contribution is -2.67. The number of hydrogen-bond donors (Lipinski definition) is 8. The molecule has 45 heavy (non-hydrogen) atoms. The Morgan fingerprint density at radius 3 is 2.51 bits per heavy atom. The number of nitrogens with zero attached hydrogens (tertiary/aromatic N) is 3. The van der Waals surface area contributed by atoms with E-state index in [0.29, 0.717) is 30.6 Å². The Kier molecular flexibility index (Phi) is 8.93. The number of aliphatic carboxylic acids is 1. The number of carbonyl (C=O) groups excluding carboxylic acids is 1. The van der Waals surface area contributed by atoms with Crippen molar-refractivity contribution >= 4 is 35.1 Å². The number of phenolic OH excluding ortho intramolecular Hbond substituents is 2. The number of amides is 1. The minimum atomic E-state index is -3.05. The molecule has 240 valence electrons. The van der Waals surface area contributed by atoms with Gasteiger partial charge in [0.15, 0.2) is 17.6 Å². The zero-order valence-corrected chi connectivity index (χ0v) is 24.0. The monoisotopic (exact) mass is 627 g/mol. The predicted molar refractivity (Wildman–Crippen MR) is 157 cm³/mol. The number of phenols is 2. The van der Waals surface area contributed by atoms with Gasteiger partial charge in [-0.25, -0.2) is 4.79 Å². The van der Waals surface area contributed by atoms with Crippen molar-refractivity contribution < 1.29 is 59.9 Å². The highest BCUT2D eigenvalue weighted by molar-refractivity contribution is 6.43. The third-order valence-corrected chi connectivity index (χ3v) is 7.92. The summed E-state index contributed by atoms with van der Waals surface area (Å²) in [5.41, 5.74) is 2.98. The Morgan fingerprint density at radius 2 is 1.82 bits per heavy atom. The fraction of sp³-hybridized carbons (Fsp3) is 0.400. The summed E-state index contributed by atoms with van der Waals surface area (Å²) in [4.78, 5) is 35.2. The molecule has 15 nitrogen and oxygen atoms in total. The third kappa shape index (κ3) is 6.13. The first-order chi connectivity index (χ1) is 21.4. The Balaban J connectivity index is 1.41. The van der Waals surface area contributed by atoms with Gasteiger partial charge < -0.3 is 50.3 Å². The van der Waals surface area contributed by atoms with Crippen LogP contribution in [-0.4, -0.2) is 114 Å². The van der Waals surface area contributed by atoms with Gasteiger partial charge in [0, 0.05) is 30.5 Å². The highest BCUT2D eigenvalue weighted by atomic mass is 16.8. The fourth-order valence-electron chi connectivity index (χ4n) is 5.52. The normalized spacial score (nSPS) is 27.8. The molecule has 5 rings (SSSR count). The number of carboxylic acid groups (broad SMARTS) is 1. The van der Waals surface area contributed by atoms with Gasteiger partial charge in [0.05, 0.1) is 23.7 Å². The zero-order valence-electron chi connectivity index (χ0n) is 24.0. The van der Waals surface area contributed by atoms with E-state index in [4.69, 9.17) is 9.47 Å². The minimum Gasteiger partial charge on any atom is -0.508 e. The average Bonchev–Trinajstić information content (AvgIpc) is 3.62. The number of hydrogen-bond acceptors (Lipinski definition) is 13. The van der Waals surface area contributed by atoms with E-state index in [1.165, 1.54) is 12.1 Å². The van der Waals surface area contributed by atoms with Crippen LogP contribution in [0.5, 0.6) is 17.2 Å². The number of benzene rings is 2. The largest absolute Gasteiger partial charge is 0.508 e. The number of carbonyl (C=O) groups is 2. The van der Waals surface area contributed by atoms with E-state index < -0.39 is 66.4 Å². The summed E-state index contributed by atoms with van der Waals surface area (Å²) in [7, 11) is 0. The first kappa shape index (κ1) is 32.0. The van der Waals surface area contributed by atoms with E-state index in [0.717, 1.165) is 34.5 Å². The van der Waals surface area contributed by atoms with Gasteiger partial charge in [0.1, 0.15) is 36.8 Å². The van der Waals surface area contributed by atoms with Crippen molar-refractivity contribution in [2.75, 3.05) is 18.2 Å². The van der Waals surface area contributed by atoms with E-state index in [1.807, 2.05) is 6.92 Å². The van der Waals surface area contributed by atoms with Crippen LogP contribution in [0.15, 0.2) is 46.4 Å². The Labute approximate surface area is 256 Å². The second kappa shape index (κ2) is 12.5. The molecule has 3 aliphatic heterocycles. The second-order valence-corrected chi connectivity index (χ2v) is 10.8. The van der Waals surface area contributed by atoms with Crippen molar-refractivity contribution in [2.24, 2.45) is 9.98 Å². The number of aliphatic hydroxyl groups excluding tert-OH is 4. The summed E-state index contributed by atoms with van der Waals surface area (Å²) < 4.78 is 10.4. The third-order valence-electron chi connectivity index (χ3n) is 7.92. The van der Waals surface area contributed by atoms with Crippen molar-refractivity contribution in [2.45, 2.75) is 62.6 Å². The number of aromatic hydroxyl groups is 2. The summed E-state index contributed by atoms with van der Waals surface area (Å²) >= 11 is 0. The van der Waals surface area contributed by atoms with Crippen molar-refractivity contribution in [1.29, 1.82) is 0 Å². The molecular weight excluding hydrogens is 594 g/mol. The number of aliphatic imine (C=N–C) groups is 2. The SMILES string of the molecule is CCC1=NCN=C1Cc1cc(C=CC(=O)N2c3cc(O[C@@]4(O)O[C@H](CO)[C@@H](O)[C@H](O)[C@H]4O)c(O)cc3C[C@@H]2C(=O)O)ccc1O. The van der Waals surface area contributed by atoms with Gasteiger partial charge in [-0.3, -0.25) is 19.7 Å². The van der Waals surface area contributed by atoms with E-state index >= 15 is 0 Å². The summed E-state index contributed by atoms with van der Waals surface area (Å²) in [6.07, 6.45) is -4.17. The maximum Gasteiger partial charge on any atom is 0.355 e. The molecule has 3 heterocycles. The lowest BCUT2D eigenvalue weighted by molar-refractivity contribution is -0.422. The molecule has 0 aliphatic carbocycles. The second-order valence-electron chi connectivity index (χ2n) is 10.8. The van der Waals surface area contributed by atoms with Crippen LogP contribution in [0.25, 0.3) is 6.08 Å². The van der Waals surface area contributed by atoms with Gasteiger partial charge in [0.2, 0.25) is 0 Å². The van der Waals surface area contributed by atoms with Crippen LogP contribution in [0, 0.1) is 0 Å². The van der Waals surface area contributed by atoms with Crippen LogP contribution >= 0.6 is 0 Å². The molecule has 0 aromatic heterocycles. The summed E-state index contributed by atoms with van der Waals surface area (Å²) in [6.45, 7) is 1.42. The number of anilines is 1. The van der Waals surface area contributed by atoms with Crippen LogP contribution in [-0.2, 0) is 27.2 Å². The summed E-state index contributed by atoms with van der Waals surface area (Å²) in [6, 6.07) is 5.53. The molecule has 6 atom stereocenters. The van der Waals surface area contributed by atoms with E-state index in [2.05, 4.69) is 9.98 Å². The molecule has 0 saturated carbocycles. The molecule has 0 radical (unpaired) electrons. The van der Waals surface area contributed by atoms with Gasteiger partial charge in [0.25, 0.3) is 5.91 Å². The maximum absolute atomic E-state index is 13.5. The molecule has 15 heteroatoms. The first-order valence-corrected chi connectivity index (χ1v) is 14.1. The molecule has 1 amide bonds. The molecule has 0 bridgehead atoms. The molecule has 1 fully saturated rings. The lowest BCUT2D eigenvalue weighted by Gasteiger charge is -2.44. The predicted octanol–water partition coefficient (Wildman–Crippen LogP) is -0.542. The summed E-state index contributed by atoms with van der Waals surface area (Å²) in [5.74, 6) is -6.28. The molecule has 0 unspecified atom stereocenters. The Hall–Kier alpha value is -4.38. The quantitative estimate of drug-likeness (QED) is 0.129. The molecule has 0 spiro atoms. The molecular formula is C30H33N3O12. The number of carboxylic acids is 1. The number of aliphatic hydroxyl groups is 5. The molecule has 2 aromatic rings. The van der Waals surface area contributed by atoms with Crippen molar-refractivity contribution in [1.82, 2.24) is 0 Å². The van der Waals surface area contributed by atoms with Crippen molar-refractivity contribution in [3.8, 4) is 17.2 Å². The Morgan fingerprint density at radius 1 is 1.09 bits per heavy atom. The first-order valence-electron chi connectivity index (χ1n) is 14.1. The van der Waals surface area contributed by atoms with E-state index in [9.17, 15) is 50.4 Å². The zero-order chi connectivity index (χ0) is 32.6. The molecule has 3 aliphatic rings. The molecule has 1 saturated heterocycles. The topological polar surface area (TPSA) is 242 Å². The lowest BCUT2D eigenvalue weighted by atomic mass is 9.98. The summed E-state index contributed by atoms with van der Waals surface area (Å²) in [5, 5.41) is 81.6. The number of fused-ring (bicyclic) bond motifs is 1. The van der Waals surface area contributed by atoms with Gasteiger partial charge >= 0.3 is 11.9 Å². The fourth-order valence-corrected chi connectivity index (χ4v) is 5.52. The number of ether oxygens (including phenoxy) is 2. The van der Waals surface area contributed by atoms with Crippen LogP contribution < -0.4 is 9.64 Å². The number of rotatable bonds is 9.